The second kappa shape index (κ2) is 6.54. The van der Waals surface area contributed by atoms with Crippen molar-refractivity contribution in [2.45, 2.75) is 32.3 Å². The van der Waals surface area contributed by atoms with Gasteiger partial charge in [-0.1, -0.05) is 18.5 Å². The Bertz CT molecular complexity index is 623. The smallest absolute Gasteiger partial charge is 0.126 e. The van der Waals surface area contributed by atoms with Crippen molar-refractivity contribution in [3.8, 4) is 0 Å². The highest BCUT2D eigenvalue weighted by Gasteiger charge is 2.17. The lowest BCUT2D eigenvalue weighted by Crippen LogP contribution is -2.16. The van der Waals surface area contributed by atoms with Crippen LogP contribution in [-0.4, -0.2) is 21.0 Å². The van der Waals surface area contributed by atoms with E-state index in [1.54, 1.807) is 11.7 Å². The highest BCUT2D eigenvalue weighted by Crippen LogP contribution is 2.23. The molecule has 0 saturated carbocycles. The van der Waals surface area contributed by atoms with Gasteiger partial charge in [-0.2, -0.15) is 5.10 Å². The quantitative estimate of drug-likeness (QED) is 0.921. The van der Waals surface area contributed by atoms with Gasteiger partial charge in [0.2, 0.25) is 0 Å². The number of nitrogens with zero attached hydrogens (tertiary/aromatic N) is 2. The Kier molecular flexibility index (Phi) is 4.96. The van der Waals surface area contributed by atoms with Gasteiger partial charge in [-0.3, -0.25) is 4.68 Å². The molecule has 0 spiro atoms. The van der Waals surface area contributed by atoms with Crippen molar-refractivity contribution in [2.75, 3.05) is 0 Å². The topological polar surface area (TPSA) is 38.0 Å². The lowest BCUT2D eigenvalue weighted by molar-refractivity contribution is 0.172. The standard InChI is InChI=1S/C15H17ClF2N2O/c1-3-13-15(16)14(20(2)19-13)8-12(21)6-9-4-10(17)7-11(18)5-9/h4-5,7,12,21H,3,6,8H2,1-2H3. The predicted octanol–water partition coefficient (Wildman–Crippen LogP) is 3.06. The molecular weight excluding hydrogens is 298 g/mol. The number of aliphatic hydroxyl groups excluding tert-OH is 1. The SMILES string of the molecule is CCc1nn(C)c(CC(O)Cc2cc(F)cc(F)c2)c1Cl. The minimum atomic E-state index is -0.788. The van der Waals surface area contributed by atoms with E-state index in [1.165, 1.54) is 12.1 Å². The van der Waals surface area contributed by atoms with E-state index in [4.69, 9.17) is 11.6 Å². The Morgan fingerprint density at radius 2 is 1.86 bits per heavy atom. The fourth-order valence-corrected chi connectivity index (χ4v) is 2.71. The van der Waals surface area contributed by atoms with Crippen LogP contribution < -0.4 is 0 Å². The number of halogens is 3. The zero-order chi connectivity index (χ0) is 15.6. The molecule has 1 N–H and O–H groups in total. The summed E-state index contributed by atoms with van der Waals surface area (Å²) in [5.41, 5.74) is 1.91. The van der Waals surface area contributed by atoms with E-state index in [0.29, 0.717) is 17.0 Å². The average molecular weight is 315 g/mol. The summed E-state index contributed by atoms with van der Waals surface area (Å²) in [7, 11) is 1.76. The summed E-state index contributed by atoms with van der Waals surface area (Å²) >= 11 is 6.21. The van der Waals surface area contributed by atoms with Crippen molar-refractivity contribution in [3.63, 3.8) is 0 Å². The van der Waals surface area contributed by atoms with Gasteiger partial charge in [-0.15, -0.1) is 0 Å². The van der Waals surface area contributed by atoms with E-state index in [-0.39, 0.29) is 12.8 Å². The number of hydrogen-bond donors (Lipinski definition) is 1. The number of aliphatic hydroxyl groups is 1. The third-order valence-electron chi connectivity index (χ3n) is 3.33. The Balaban J connectivity index is 2.11. The van der Waals surface area contributed by atoms with Gasteiger partial charge >= 0.3 is 0 Å². The molecule has 0 aliphatic rings. The largest absolute Gasteiger partial charge is 0.392 e. The van der Waals surface area contributed by atoms with E-state index in [9.17, 15) is 13.9 Å². The molecule has 21 heavy (non-hydrogen) atoms. The summed E-state index contributed by atoms with van der Waals surface area (Å²) in [6, 6.07) is 3.24. The molecule has 0 saturated heterocycles. The van der Waals surface area contributed by atoms with E-state index < -0.39 is 17.7 Å². The van der Waals surface area contributed by atoms with Crippen molar-refractivity contribution in [2.24, 2.45) is 7.05 Å². The average Bonchev–Trinajstić information content (AvgIpc) is 2.64. The lowest BCUT2D eigenvalue weighted by atomic mass is 10.0. The minimum Gasteiger partial charge on any atom is -0.392 e. The molecule has 0 amide bonds. The summed E-state index contributed by atoms with van der Waals surface area (Å²) < 4.78 is 27.9. The van der Waals surface area contributed by atoms with E-state index >= 15 is 0 Å². The van der Waals surface area contributed by atoms with Gasteiger partial charge in [0.25, 0.3) is 0 Å². The van der Waals surface area contributed by atoms with E-state index in [1.807, 2.05) is 6.92 Å². The number of aryl methyl sites for hydroxylation is 2. The third-order valence-corrected chi connectivity index (χ3v) is 3.76. The molecule has 2 rings (SSSR count). The van der Waals surface area contributed by atoms with Crippen LogP contribution >= 0.6 is 11.6 Å². The first-order valence-corrected chi connectivity index (χ1v) is 7.11. The summed E-state index contributed by atoms with van der Waals surface area (Å²) in [5, 5.41) is 14.9. The molecule has 0 aliphatic heterocycles. The fraction of sp³-hybridized carbons (Fsp3) is 0.400. The molecule has 2 aromatic rings. The first kappa shape index (κ1) is 15.9. The van der Waals surface area contributed by atoms with Gasteiger partial charge < -0.3 is 5.11 Å². The number of hydrogen-bond acceptors (Lipinski definition) is 2. The van der Waals surface area contributed by atoms with Gasteiger partial charge in [-0.25, -0.2) is 8.78 Å². The van der Waals surface area contributed by atoms with Crippen LogP contribution in [0.3, 0.4) is 0 Å². The third kappa shape index (κ3) is 3.80. The summed E-state index contributed by atoms with van der Waals surface area (Å²) in [6.45, 7) is 1.95. The monoisotopic (exact) mass is 314 g/mol. The maximum absolute atomic E-state index is 13.1. The maximum atomic E-state index is 13.1. The molecule has 0 aliphatic carbocycles. The van der Waals surface area contributed by atoms with Crippen LogP contribution in [0.1, 0.15) is 23.9 Å². The molecule has 0 radical (unpaired) electrons. The molecule has 1 unspecified atom stereocenters. The lowest BCUT2D eigenvalue weighted by Gasteiger charge is -2.11. The molecule has 0 bridgehead atoms. The Morgan fingerprint density at radius 1 is 1.24 bits per heavy atom. The highest BCUT2D eigenvalue weighted by molar-refractivity contribution is 6.31. The molecule has 1 aromatic heterocycles. The molecule has 1 heterocycles. The second-order valence-corrected chi connectivity index (χ2v) is 5.40. The van der Waals surface area contributed by atoms with E-state index in [2.05, 4.69) is 5.10 Å². The van der Waals surface area contributed by atoms with Crippen LogP contribution in [0.25, 0.3) is 0 Å². The Labute approximate surface area is 127 Å². The van der Waals surface area contributed by atoms with Crippen molar-refractivity contribution in [3.05, 3.63) is 51.8 Å². The van der Waals surface area contributed by atoms with Crippen LogP contribution in [0, 0.1) is 11.6 Å². The Morgan fingerprint density at radius 3 is 2.38 bits per heavy atom. The normalized spacial score (nSPS) is 12.7. The molecule has 1 atom stereocenters. The highest BCUT2D eigenvalue weighted by atomic mass is 35.5. The van der Waals surface area contributed by atoms with Crippen LogP contribution in [0.4, 0.5) is 8.78 Å². The van der Waals surface area contributed by atoms with Gasteiger partial charge in [0.1, 0.15) is 11.6 Å². The molecule has 3 nitrogen and oxygen atoms in total. The predicted molar refractivity (Wildman–Crippen MR) is 77.4 cm³/mol. The van der Waals surface area contributed by atoms with Crippen LogP contribution in [0.15, 0.2) is 18.2 Å². The van der Waals surface area contributed by atoms with Crippen LogP contribution in [-0.2, 0) is 26.3 Å². The van der Waals surface area contributed by atoms with Gasteiger partial charge in [-0.05, 0) is 30.5 Å². The van der Waals surface area contributed by atoms with Gasteiger partial charge in [0, 0.05) is 19.5 Å². The van der Waals surface area contributed by atoms with Gasteiger partial charge in [0.15, 0.2) is 0 Å². The molecule has 1 aromatic carbocycles. The summed E-state index contributed by atoms with van der Waals surface area (Å²) in [5.74, 6) is -1.30. The van der Waals surface area contributed by atoms with Crippen molar-refractivity contribution >= 4 is 11.6 Å². The summed E-state index contributed by atoms with van der Waals surface area (Å²) in [6.07, 6.45) is 0.347. The minimum absolute atomic E-state index is 0.150. The van der Waals surface area contributed by atoms with Crippen LogP contribution in [0.5, 0.6) is 0 Å². The van der Waals surface area contributed by atoms with Crippen molar-refractivity contribution in [1.82, 2.24) is 9.78 Å². The first-order valence-electron chi connectivity index (χ1n) is 6.74. The molecular formula is C15H17ClF2N2O. The second-order valence-electron chi connectivity index (χ2n) is 5.02. The van der Waals surface area contributed by atoms with E-state index in [0.717, 1.165) is 17.5 Å². The van der Waals surface area contributed by atoms with Gasteiger partial charge in [0.05, 0.1) is 22.5 Å². The van der Waals surface area contributed by atoms with Crippen LogP contribution in [0.2, 0.25) is 5.02 Å². The zero-order valence-electron chi connectivity index (χ0n) is 11.9. The first-order chi connectivity index (χ1) is 9.90. The number of rotatable bonds is 5. The summed E-state index contributed by atoms with van der Waals surface area (Å²) in [4.78, 5) is 0. The molecule has 0 fully saturated rings. The van der Waals surface area contributed by atoms with Crippen molar-refractivity contribution < 1.29 is 13.9 Å². The maximum Gasteiger partial charge on any atom is 0.126 e. The Hall–Kier alpha value is -1.46. The molecule has 6 heteroatoms. The number of benzene rings is 1. The number of aromatic nitrogens is 2. The zero-order valence-corrected chi connectivity index (χ0v) is 12.7. The fourth-order valence-electron chi connectivity index (χ4n) is 2.34. The van der Waals surface area contributed by atoms with Crippen molar-refractivity contribution in [1.29, 1.82) is 0 Å². The molecule has 114 valence electrons.